The monoisotopic (exact) mass is 338 g/mol. The summed E-state index contributed by atoms with van der Waals surface area (Å²) >= 11 is 1.34. The van der Waals surface area contributed by atoms with Gasteiger partial charge in [-0.05, 0) is 30.0 Å². The first-order chi connectivity index (χ1) is 11.0. The number of amides is 1. The molecule has 1 aromatic heterocycles. The molecule has 6 nitrogen and oxygen atoms in total. The Balaban J connectivity index is 2.15. The molecular weight excluding hydrogens is 319 g/mol. The van der Waals surface area contributed by atoms with Crippen LogP contribution < -0.4 is 11.1 Å². The number of nitrogens with two attached hydrogens (primary N) is 1. The first kappa shape index (κ1) is 17.5. The van der Waals surface area contributed by atoms with Gasteiger partial charge < -0.3 is 20.4 Å². The van der Waals surface area contributed by atoms with Gasteiger partial charge in [-0.15, -0.1) is 0 Å². The van der Waals surface area contributed by atoms with Crippen LogP contribution >= 0.6 is 11.8 Å². The molecule has 124 valence electrons. The first-order valence-electron chi connectivity index (χ1n) is 7.01. The SMILES string of the molecule is COC(CN)CC(=O)Nc1cc(F)ccc1Sc1nccn1C. The minimum absolute atomic E-state index is 0.107. The number of carbonyl (C=O) groups excluding carboxylic acids is 1. The third-order valence-corrected chi connectivity index (χ3v) is 4.36. The second kappa shape index (κ2) is 8.09. The Morgan fingerprint density at radius 2 is 2.35 bits per heavy atom. The van der Waals surface area contributed by atoms with Gasteiger partial charge in [0, 0.05) is 38.0 Å². The molecule has 0 saturated heterocycles. The third-order valence-electron chi connectivity index (χ3n) is 3.20. The fourth-order valence-corrected chi connectivity index (χ4v) is 2.78. The van der Waals surface area contributed by atoms with Crippen molar-refractivity contribution in [1.82, 2.24) is 9.55 Å². The van der Waals surface area contributed by atoms with Crippen molar-refractivity contribution < 1.29 is 13.9 Å². The number of methoxy groups -OCH3 is 1. The number of aromatic nitrogens is 2. The molecule has 0 aliphatic rings. The molecule has 2 rings (SSSR count). The van der Waals surface area contributed by atoms with Crippen molar-refractivity contribution in [2.24, 2.45) is 12.8 Å². The predicted molar refractivity (Wildman–Crippen MR) is 86.8 cm³/mol. The Morgan fingerprint density at radius 3 is 2.96 bits per heavy atom. The molecule has 1 atom stereocenters. The maximum atomic E-state index is 13.5. The largest absolute Gasteiger partial charge is 0.380 e. The van der Waals surface area contributed by atoms with Gasteiger partial charge >= 0.3 is 0 Å². The van der Waals surface area contributed by atoms with Gasteiger partial charge in [0.2, 0.25) is 5.91 Å². The lowest BCUT2D eigenvalue weighted by Gasteiger charge is -2.14. The van der Waals surface area contributed by atoms with E-state index in [0.717, 1.165) is 5.16 Å². The van der Waals surface area contributed by atoms with E-state index in [2.05, 4.69) is 10.3 Å². The van der Waals surface area contributed by atoms with Gasteiger partial charge in [0.1, 0.15) is 5.82 Å². The number of nitrogens with zero attached hydrogens (tertiary/aromatic N) is 2. The highest BCUT2D eigenvalue weighted by Gasteiger charge is 2.15. The van der Waals surface area contributed by atoms with Crippen LogP contribution in [0.3, 0.4) is 0 Å². The summed E-state index contributed by atoms with van der Waals surface area (Å²) < 4.78 is 20.5. The van der Waals surface area contributed by atoms with E-state index in [1.165, 1.54) is 31.0 Å². The van der Waals surface area contributed by atoms with Crippen LogP contribution in [0.1, 0.15) is 6.42 Å². The maximum Gasteiger partial charge on any atom is 0.227 e. The Morgan fingerprint density at radius 1 is 1.57 bits per heavy atom. The summed E-state index contributed by atoms with van der Waals surface area (Å²) in [6.07, 6.45) is 3.23. The van der Waals surface area contributed by atoms with Crippen molar-refractivity contribution in [3.8, 4) is 0 Å². The van der Waals surface area contributed by atoms with Crippen LogP contribution in [0.2, 0.25) is 0 Å². The second-order valence-corrected chi connectivity index (χ2v) is 5.92. The normalized spacial score (nSPS) is 12.2. The highest BCUT2D eigenvalue weighted by molar-refractivity contribution is 7.99. The molecule has 0 aliphatic carbocycles. The zero-order chi connectivity index (χ0) is 16.8. The topological polar surface area (TPSA) is 82.2 Å². The number of ether oxygens (including phenoxy) is 1. The molecule has 0 aliphatic heterocycles. The van der Waals surface area contributed by atoms with Crippen LogP contribution in [0, 0.1) is 5.82 Å². The Bertz CT molecular complexity index is 673. The third kappa shape index (κ3) is 4.78. The Labute approximate surface area is 138 Å². The molecule has 0 saturated carbocycles. The van der Waals surface area contributed by atoms with Gasteiger partial charge in [-0.3, -0.25) is 4.79 Å². The molecule has 0 spiro atoms. The number of rotatable bonds is 7. The minimum Gasteiger partial charge on any atom is -0.380 e. The van der Waals surface area contributed by atoms with Crippen molar-refractivity contribution in [3.05, 3.63) is 36.4 Å². The van der Waals surface area contributed by atoms with E-state index in [1.807, 2.05) is 17.8 Å². The Hall–Kier alpha value is -1.90. The zero-order valence-electron chi connectivity index (χ0n) is 13.0. The highest BCUT2D eigenvalue weighted by atomic mass is 32.2. The van der Waals surface area contributed by atoms with E-state index in [-0.39, 0.29) is 25.0 Å². The molecule has 0 fully saturated rings. The number of hydrogen-bond donors (Lipinski definition) is 2. The fourth-order valence-electron chi connectivity index (χ4n) is 1.91. The lowest BCUT2D eigenvalue weighted by atomic mass is 10.2. The van der Waals surface area contributed by atoms with Crippen molar-refractivity contribution >= 4 is 23.4 Å². The van der Waals surface area contributed by atoms with E-state index in [1.54, 1.807) is 12.3 Å². The van der Waals surface area contributed by atoms with Gasteiger partial charge in [-0.2, -0.15) is 0 Å². The van der Waals surface area contributed by atoms with Gasteiger partial charge in [0.25, 0.3) is 0 Å². The van der Waals surface area contributed by atoms with Crippen molar-refractivity contribution in [3.63, 3.8) is 0 Å². The van der Waals surface area contributed by atoms with Crippen molar-refractivity contribution in [1.29, 1.82) is 0 Å². The molecule has 0 bridgehead atoms. The molecule has 0 radical (unpaired) electrons. The van der Waals surface area contributed by atoms with E-state index in [9.17, 15) is 9.18 Å². The van der Waals surface area contributed by atoms with Crippen LogP contribution in [0.15, 0.2) is 40.6 Å². The van der Waals surface area contributed by atoms with Crippen LogP contribution in [0.4, 0.5) is 10.1 Å². The number of nitrogens with one attached hydrogen (secondary N) is 1. The molecule has 1 heterocycles. The molecule has 2 aromatic rings. The second-order valence-electron chi connectivity index (χ2n) is 4.91. The molecule has 1 unspecified atom stereocenters. The van der Waals surface area contributed by atoms with Gasteiger partial charge in [0.05, 0.1) is 18.2 Å². The lowest BCUT2D eigenvalue weighted by molar-refractivity contribution is -0.118. The molecule has 8 heteroatoms. The van der Waals surface area contributed by atoms with Crippen molar-refractivity contribution in [2.75, 3.05) is 19.0 Å². The number of imidazole rings is 1. The van der Waals surface area contributed by atoms with Crippen LogP contribution in [0.5, 0.6) is 0 Å². The summed E-state index contributed by atoms with van der Waals surface area (Å²) in [5, 5.41) is 3.45. The van der Waals surface area contributed by atoms with Gasteiger partial charge in [-0.25, -0.2) is 9.37 Å². The van der Waals surface area contributed by atoms with E-state index >= 15 is 0 Å². The summed E-state index contributed by atoms with van der Waals surface area (Å²) in [7, 11) is 3.36. The summed E-state index contributed by atoms with van der Waals surface area (Å²) in [4.78, 5) is 17.0. The number of carbonyl (C=O) groups is 1. The average Bonchev–Trinajstić information content (AvgIpc) is 2.92. The number of hydrogen-bond acceptors (Lipinski definition) is 5. The lowest BCUT2D eigenvalue weighted by Crippen LogP contribution is -2.28. The molecule has 1 amide bonds. The summed E-state index contributed by atoms with van der Waals surface area (Å²) in [6, 6.07) is 4.24. The molecule has 23 heavy (non-hydrogen) atoms. The number of aryl methyl sites for hydroxylation is 1. The minimum atomic E-state index is -0.424. The first-order valence-corrected chi connectivity index (χ1v) is 7.82. The van der Waals surface area contributed by atoms with E-state index in [0.29, 0.717) is 10.6 Å². The average molecular weight is 338 g/mol. The summed E-state index contributed by atoms with van der Waals surface area (Å²) in [5.74, 6) is -0.707. The van der Waals surface area contributed by atoms with Gasteiger partial charge in [-0.1, -0.05) is 0 Å². The summed E-state index contributed by atoms with van der Waals surface area (Å²) in [6.45, 7) is 0.238. The molecule has 3 N–H and O–H groups in total. The van der Waals surface area contributed by atoms with Crippen LogP contribution in [-0.4, -0.2) is 35.2 Å². The maximum absolute atomic E-state index is 13.5. The highest BCUT2D eigenvalue weighted by Crippen LogP contribution is 2.33. The standard InChI is InChI=1S/C15H19FN4O2S/c1-20-6-5-18-15(20)23-13-4-3-10(16)7-12(13)19-14(21)8-11(9-17)22-2/h3-7,11H,8-9,17H2,1-2H3,(H,19,21). The smallest absolute Gasteiger partial charge is 0.227 e. The number of anilines is 1. The molecule has 1 aromatic carbocycles. The van der Waals surface area contributed by atoms with Crippen LogP contribution in [0.25, 0.3) is 0 Å². The van der Waals surface area contributed by atoms with E-state index < -0.39 is 5.82 Å². The van der Waals surface area contributed by atoms with Gasteiger partial charge in [0.15, 0.2) is 5.16 Å². The number of halogens is 1. The number of benzene rings is 1. The zero-order valence-corrected chi connectivity index (χ0v) is 13.8. The Kier molecular flexibility index (Phi) is 6.14. The fraction of sp³-hybridized carbons (Fsp3) is 0.333. The summed E-state index contributed by atoms with van der Waals surface area (Å²) in [5.41, 5.74) is 5.90. The van der Waals surface area contributed by atoms with E-state index in [4.69, 9.17) is 10.5 Å². The molecular formula is C15H19FN4O2S. The van der Waals surface area contributed by atoms with Crippen LogP contribution in [-0.2, 0) is 16.6 Å². The quantitative estimate of drug-likeness (QED) is 0.807. The van der Waals surface area contributed by atoms with Crippen molar-refractivity contribution in [2.45, 2.75) is 22.6 Å². The predicted octanol–water partition coefficient (Wildman–Crippen LogP) is 2.01.